The van der Waals surface area contributed by atoms with Crippen molar-refractivity contribution in [3.8, 4) is 0 Å². The Morgan fingerprint density at radius 2 is 2.06 bits per heavy atom. The van der Waals surface area contributed by atoms with Crippen molar-refractivity contribution in [3.63, 3.8) is 0 Å². The molecule has 0 spiro atoms. The lowest BCUT2D eigenvalue weighted by molar-refractivity contribution is 0.282. The van der Waals surface area contributed by atoms with Crippen LogP contribution in [0.3, 0.4) is 0 Å². The fourth-order valence-electron chi connectivity index (χ4n) is 1.36. The Morgan fingerprint density at radius 3 is 2.72 bits per heavy atom. The molecule has 0 aliphatic rings. The molecule has 0 aliphatic carbocycles. The van der Waals surface area contributed by atoms with Crippen LogP contribution in [0, 0.1) is 0 Å². The first-order valence-electron chi connectivity index (χ1n) is 5.23. The van der Waals surface area contributed by atoms with E-state index >= 15 is 0 Å². The number of rotatable bonds is 4. The highest BCUT2D eigenvalue weighted by Gasteiger charge is 2.00. The zero-order chi connectivity index (χ0) is 13.0. The normalized spacial score (nSPS) is 10.6. The number of nitrogens with zero attached hydrogens (tertiary/aromatic N) is 2. The van der Waals surface area contributed by atoms with E-state index in [2.05, 4.69) is 4.98 Å². The Balaban J connectivity index is 2.06. The van der Waals surface area contributed by atoms with Crippen LogP contribution in [0.2, 0.25) is 5.02 Å². The number of halogens is 1. The van der Waals surface area contributed by atoms with Crippen LogP contribution in [-0.4, -0.2) is 14.7 Å². The van der Waals surface area contributed by atoms with Crippen LogP contribution >= 0.6 is 23.4 Å². The van der Waals surface area contributed by atoms with Crippen LogP contribution in [-0.2, 0) is 12.5 Å². The van der Waals surface area contributed by atoms with Gasteiger partial charge in [0.1, 0.15) is 0 Å². The summed E-state index contributed by atoms with van der Waals surface area (Å²) in [6, 6.07) is 7.50. The van der Waals surface area contributed by atoms with Gasteiger partial charge in [-0.25, -0.2) is 4.79 Å². The second-order valence-electron chi connectivity index (χ2n) is 3.60. The van der Waals surface area contributed by atoms with Crippen LogP contribution < -0.4 is 5.69 Å². The Hall–Kier alpha value is -1.30. The molecule has 1 N–H and O–H groups in total. The molecule has 0 fully saturated rings. The van der Waals surface area contributed by atoms with E-state index in [4.69, 9.17) is 16.7 Å². The minimum absolute atomic E-state index is 0.0304. The first-order chi connectivity index (χ1) is 8.69. The van der Waals surface area contributed by atoms with E-state index in [0.717, 1.165) is 10.5 Å². The van der Waals surface area contributed by atoms with E-state index < -0.39 is 0 Å². The van der Waals surface area contributed by atoms with Gasteiger partial charge >= 0.3 is 5.69 Å². The summed E-state index contributed by atoms with van der Waals surface area (Å²) in [5.74, 6) is 0.449. The lowest BCUT2D eigenvalue weighted by Gasteiger charge is -2.05. The van der Waals surface area contributed by atoms with Crippen molar-refractivity contribution >= 4 is 23.4 Å². The van der Waals surface area contributed by atoms with Crippen molar-refractivity contribution in [1.82, 2.24) is 9.55 Å². The maximum atomic E-state index is 11.4. The summed E-state index contributed by atoms with van der Waals surface area (Å²) < 4.78 is 1.45. The molecule has 0 bridgehead atoms. The van der Waals surface area contributed by atoms with Crippen LogP contribution in [0.5, 0.6) is 0 Å². The fourth-order valence-corrected chi connectivity index (χ4v) is 2.32. The summed E-state index contributed by atoms with van der Waals surface area (Å²) in [7, 11) is 0. The summed E-state index contributed by atoms with van der Waals surface area (Å²) in [6.45, 7) is 0.0304. The molecular formula is C12H11ClN2O2S. The predicted molar refractivity (Wildman–Crippen MR) is 71.7 cm³/mol. The molecule has 0 amide bonds. The second-order valence-corrected chi connectivity index (χ2v) is 5.05. The smallest absolute Gasteiger partial charge is 0.348 e. The quantitative estimate of drug-likeness (QED) is 0.873. The number of hydrogen-bond acceptors (Lipinski definition) is 4. The molecular weight excluding hydrogens is 272 g/mol. The predicted octanol–water partition coefficient (Wildman–Crippen LogP) is 2.14. The van der Waals surface area contributed by atoms with E-state index in [0.29, 0.717) is 10.9 Å². The molecule has 94 valence electrons. The molecule has 18 heavy (non-hydrogen) atoms. The number of thioether (sulfide) groups is 1. The van der Waals surface area contributed by atoms with Crippen molar-refractivity contribution in [2.75, 3.05) is 0 Å². The first-order valence-corrected chi connectivity index (χ1v) is 6.60. The van der Waals surface area contributed by atoms with Crippen molar-refractivity contribution in [3.05, 3.63) is 57.7 Å². The van der Waals surface area contributed by atoms with E-state index in [1.54, 1.807) is 6.20 Å². The van der Waals surface area contributed by atoms with Gasteiger partial charge in [0.25, 0.3) is 0 Å². The molecule has 0 radical (unpaired) electrons. The van der Waals surface area contributed by atoms with Gasteiger partial charge in [-0.2, -0.15) is 4.98 Å². The summed E-state index contributed by atoms with van der Waals surface area (Å²) >= 11 is 7.28. The molecule has 0 saturated carbocycles. The molecule has 2 aromatic rings. The molecule has 0 saturated heterocycles. The van der Waals surface area contributed by atoms with Crippen LogP contribution in [0.1, 0.15) is 5.56 Å². The topological polar surface area (TPSA) is 55.1 Å². The van der Waals surface area contributed by atoms with E-state index in [1.165, 1.54) is 22.5 Å². The van der Waals surface area contributed by atoms with Gasteiger partial charge in [-0.1, -0.05) is 23.7 Å². The molecule has 0 atom stereocenters. The van der Waals surface area contributed by atoms with Gasteiger partial charge in [-0.15, -0.1) is 11.8 Å². The molecule has 1 heterocycles. The number of aliphatic hydroxyl groups is 1. The van der Waals surface area contributed by atoms with Gasteiger partial charge < -0.3 is 5.11 Å². The summed E-state index contributed by atoms with van der Waals surface area (Å²) in [5.41, 5.74) is 0.541. The van der Waals surface area contributed by atoms with Gasteiger partial charge in [0.05, 0.1) is 23.7 Å². The summed E-state index contributed by atoms with van der Waals surface area (Å²) in [4.78, 5) is 16.1. The van der Waals surface area contributed by atoms with Crippen molar-refractivity contribution in [2.24, 2.45) is 0 Å². The highest BCUT2D eigenvalue weighted by atomic mass is 35.5. The van der Waals surface area contributed by atoms with E-state index in [9.17, 15) is 4.79 Å². The third kappa shape index (κ3) is 3.35. The minimum atomic E-state index is -0.320. The van der Waals surface area contributed by atoms with Crippen molar-refractivity contribution in [1.29, 1.82) is 0 Å². The Bertz CT molecular complexity index is 583. The Kier molecular flexibility index (Phi) is 4.41. The van der Waals surface area contributed by atoms with Crippen LogP contribution in [0.25, 0.3) is 0 Å². The SMILES string of the molecule is O=c1ncc(Cl)cn1CSc1ccc(CO)cc1. The molecule has 6 heteroatoms. The number of aliphatic hydroxyl groups excluding tert-OH is 1. The fraction of sp³-hybridized carbons (Fsp3) is 0.167. The molecule has 1 aromatic heterocycles. The first kappa shape index (κ1) is 13.1. The van der Waals surface area contributed by atoms with E-state index in [-0.39, 0.29) is 12.3 Å². The summed E-state index contributed by atoms with van der Waals surface area (Å²) in [6.07, 6.45) is 2.90. The third-order valence-corrected chi connectivity index (χ3v) is 3.51. The molecule has 1 aromatic carbocycles. The molecule has 4 nitrogen and oxygen atoms in total. The largest absolute Gasteiger partial charge is 0.392 e. The van der Waals surface area contributed by atoms with Crippen LogP contribution in [0.4, 0.5) is 0 Å². The van der Waals surface area contributed by atoms with Gasteiger partial charge in [0.15, 0.2) is 0 Å². The standard InChI is InChI=1S/C12H11ClN2O2S/c13-10-5-14-12(17)15(6-10)8-18-11-3-1-9(7-16)2-4-11/h1-6,16H,7-8H2. The average Bonchev–Trinajstić information content (AvgIpc) is 2.40. The molecule has 2 rings (SSSR count). The van der Waals surface area contributed by atoms with Gasteiger partial charge in [-0.05, 0) is 17.7 Å². The van der Waals surface area contributed by atoms with Crippen molar-refractivity contribution < 1.29 is 5.11 Å². The zero-order valence-corrected chi connectivity index (χ0v) is 11.0. The van der Waals surface area contributed by atoms with Gasteiger partial charge in [0.2, 0.25) is 0 Å². The van der Waals surface area contributed by atoms with Gasteiger partial charge in [0, 0.05) is 11.1 Å². The lowest BCUT2D eigenvalue weighted by atomic mass is 10.2. The average molecular weight is 283 g/mol. The minimum Gasteiger partial charge on any atom is -0.392 e. The highest BCUT2D eigenvalue weighted by Crippen LogP contribution is 2.20. The maximum Gasteiger partial charge on any atom is 0.348 e. The van der Waals surface area contributed by atoms with E-state index in [1.807, 2.05) is 24.3 Å². The lowest BCUT2D eigenvalue weighted by Crippen LogP contribution is -2.20. The molecule has 0 unspecified atom stereocenters. The highest BCUT2D eigenvalue weighted by molar-refractivity contribution is 7.98. The number of benzene rings is 1. The monoisotopic (exact) mass is 282 g/mol. The number of hydrogen-bond donors (Lipinski definition) is 1. The van der Waals surface area contributed by atoms with Crippen molar-refractivity contribution in [2.45, 2.75) is 17.4 Å². The number of aromatic nitrogens is 2. The Morgan fingerprint density at radius 1 is 1.33 bits per heavy atom. The maximum absolute atomic E-state index is 11.4. The third-order valence-electron chi connectivity index (χ3n) is 2.30. The Labute approximate surface area is 113 Å². The molecule has 0 aliphatic heterocycles. The van der Waals surface area contributed by atoms with Gasteiger partial charge in [-0.3, -0.25) is 4.57 Å². The zero-order valence-electron chi connectivity index (χ0n) is 9.41. The second kappa shape index (κ2) is 6.04. The summed E-state index contributed by atoms with van der Waals surface area (Å²) in [5, 5.41) is 9.36. The van der Waals surface area contributed by atoms with Crippen LogP contribution in [0.15, 0.2) is 46.3 Å².